The fourth-order valence-corrected chi connectivity index (χ4v) is 1.99. The van der Waals surface area contributed by atoms with Gasteiger partial charge in [-0.3, -0.25) is 4.79 Å². The number of hydrogen-bond acceptors (Lipinski definition) is 2. The molecule has 2 aromatic rings. The van der Waals surface area contributed by atoms with Crippen LogP contribution in [0.15, 0.2) is 46.9 Å². The Morgan fingerprint density at radius 2 is 1.83 bits per heavy atom. The number of nitrogens with one attached hydrogen (secondary N) is 1. The normalized spacial score (nSPS) is 10.1. The summed E-state index contributed by atoms with van der Waals surface area (Å²) in [7, 11) is 0. The molecule has 0 fully saturated rings. The van der Waals surface area contributed by atoms with Crippen LogP contribution in [-0.2, 0) is 0 Å². The standard InChI is InChI=1S/C14H12BrNO2/c1-9-12(17)8-7-11(13(9)15)16-14(18)10-5-3-2-4-6-10/h2-8,17H,1H3,(H,16,18). The molecule has 0 atom stereocenters. The highest BCUT2D eigenvalue weighted by molar-refractivity contribution is 9.10. The van der Waals surface area contributed by atoms with Crippen LogP contribution in [-0.4, -0.2) is 11.0 Å². The van der Waals surface area contributed by atoms with Crippen molar-refractivity contribution in [2.45, 2.75) is 6.92 Å². The number of aromatic hydroxyl groups is 1. The molecule has 4 heteroatoms. The molecular formula is C14H12BrNO2. The third kappa shape index (κ3) is 2.54. The van der Waals surface area contributed by atoms with E-state index in [0.717, 1.165) is 0 Å². The average molecular weight is 306 g/mol. The molecule has 1 amide bonds. The van der Waals surface area contributed by atoms with Gasteiger partial charge in [0.1, 0.15) is 5.75 Å². The molecule has 0 saturated heterocycles. The Kier molecular flexibility index (Phi) is 3.67. The number of hydrogen-bond donors (Lipinski definition) is 2. The Bertz CT molecular complexity index is 582. The highest BCUT2D eigenvalue weighted by Crippen LogP contribution is 2.32. The van der Waals surface area contributed by atoms with Crippen molar-refractivity contribution in [2.24, 2.45) is 0 Å². The summed E-state index contributed by atoms with van der Waals surface area (Å²) in [6.07, 6.45) is 0. The van der Waals surface area contributed by atoms with Crippen molar-refractivity contribution in [2.75, 3.05) is 5.32 Å². The van der Waals surface area contributed by atoms with E-state index in [0.29, 0.717) is 21.3 Å². The van der Waals surface area contributed by atoms with E-state index in [1.165, 1.54) is 0 Å². The molecule has 2 N–H and O–H groups in total. The highest BCUT2D eigenvalue weighted by Gasteiger charge is 2.10. The topological polar surface area (TPSA) is 49.3 Å². The number of anilines is 1. The number of rotatable bonds is 2. The van der Waals surface area contributed by atoms with Gasteiger partial charge in [-0.2, -0.15) is 0 Å². The molecule has 18 heavy (non-hydrogen) atoms. The van der Waals surface area contributed by atoms with E-state index in [9.17, 15) is 9.90 Å². The lowest BCUT2D eigenvalue weighted by Crippen LogP contribution is -2.12. The van der Waals surface area contributed by atoms with E-state index in [1.807, 2.05) is 18.2 Å². The monoisotopic (exact) mass is 305 g/mol. The van der Waals surface area contributed by atoms with Crippen LogP contribution in [0.3, 0.4) is 0 Å². The fraction of sp³-hybridized carbons (Fsp3) is 0.0714. The van der Waals surface area contributed by atoms with Gasteiger partial charge in [0, 0.05) is 15.6 Å². The van der Waals surface area contributed by atoms with Gasteiger partial charge in [0.15, 0.2) is 0 Å². The van der Waals surface area contributed by atoms with Crippen LogP contribution >= 0.6 is 15.9 Å². The van der Waals surface area contributed by atoms with Crippen molar-refractivity contribution in [3.05, 3.63) is 58.1 Å². The van der Waals surface area contributed by atoms with Gasteiger partial charge >= 0.3 is 0 Å². The van der Waals surface area contributed by atoms with Crippen LogP contribution in [0, 0.1) is 6.92 Å². The van der Waals surface area contributed by atoms with Crippen molar-refractivity contribution < 1.29 is 9.90 Å². The van der Waals surface area contributed by atoms with Gasteiger partial charge in [-0.25, -0.2) is 0 Å². The van der Waals surface area contributed by atoms with Gasteiger partial charge in [-0.05, 0) is 47.1 Å². The second-order valence-electron chi connectivity index (χ2n) is 3.89. The molecule has 0 heterocycles. The summed E-state index contributed by atoms with van der Waals surface area (Å²) in [6.45, 7) is 1.78. The lowest BCUT2D eigenvalue weighted by Gasteiger charge is -2.10. The molecule has 0 bridgehead atoms. The van der Waals surface area contributed by atoms with Crippen LogP contribution in [0.4, 0.5) is 5.69 Å². The molecule has 0 aliphatic rings. The van der Waals surface area contributed by atoms with Crippen LogP contribution in [0.2, 0.25) is 0 Å². The molecule has 0 aliphatic heterocycles. The van der Waals surface area contributed by atoms with Crippen molar-refractivity contribution >= 4 is 27.5 Å². The molecule has 2 aromatic carbocycles. The molecule has 0 aromatic heterocycles. The van der Waals surface area contributed by atoms with E-state index >= 15 is 0 Å². The average Bonchev–Trinajstić information content (AvgIpc) is 2.40. The van der Waals surface area contributed by atoms with Crippen LogP contribution < -0.4 is 5.32 Å². The van der Waals surface area contributed by atoms with E-state index < -0.39 is 0 Å². The molecule has 92 valence electrons. The third-order valence-corrected chi connectivity index (χ3v) is 3.66. The lowest BCUT2D eigenvalue weighted by atomic mass is 10.1. The first-order valence-corrected chi connectivity index (χ1v) is 6.23. The van der Waals surface area contributed by atoms with E-state index in [4.69, 9.17) is 0 Å². The van der Waals surface area contributed by atoms with Gasteiger partial charge in [-0.15, -0.1) is 0 Å². The first-order chi connectivity index (χ1) is 8.59. The lowest BCUT2D eigenvalue weighted by molar-refractivity contribution is 0.102. The molecular weight excluding hydrogens is 294 g/mol. The maximum absolute atomic E-state index is 12.0. The van der Waals surface area contributed by atoms with Gasteiger partial charge < -0.3 is 10.4 Å². The maximum Gasteiger partial charge on any atom is 0.255 e. The minimum Gasteiger partial charge on any atom is -0.508 e. The SMILES string of the molecule is Cc1c(O)ccc(NC(=O)c2ccccc2)c1Br. The molecule has 0 aliphatic carbocycles. The predicted octanol–water partition coefficient (Wildman–Crippen LogP) is 3.72. The highest BCUT2D eigenvalue weighted by atomic mass is 79.9. The number of amides is 1. The second kappa shape index (κ2) is 5.23. The minimum absolute atomic E-state index is 0.179. The Morgan fingerprint density at radius 1 is 1.17 bits per heavy atom. The van der Waals surface area contributed by atoms with Crippen LogP contribution in [0.1, 0.15) is 15.9 Å². The number of halogens is 1. The molecule has 0 saturated carbocycles. The van der Waals surface area contributed by atoms with Crippen molar-refractivity contribution in [3.8, 4) is 5.75 Å². The summed E-state index contributed by atoms with van der Waals surface area (Å²) in [6, 6.07) is 12.2. The van der Waals surface area contributed by atoms with Gasteiger partial charge in [-0.1, -0.05) is 18.2 Å². The molecule has 2 rings (SSSR count). The summed E-state index contributed by atoms with van der Waals surface area (Å²) in [4.78, 5) is 12.0. The first kappa shape index (κ1) is 12.6. The largest absolute Gasteiger partial charge is 0.508 e. The Hall–Kier alpha value is -1.81. The third-order valence-electron chi connectivity index (χ3n) is 2.64. The number of carbonyl (C=O) groups is 1. The first-order valence-electron chi connectivity index (χ1n) is 5.44. The molecule has 0 unspecified atom stereocenters. The number of benzene rings is 2. The minimum atomic E-state index is -0.179. The molecule has 3 nitrogen and oxygen atoms in total. The maximum atomic E-state index is 12.0. The van der Waals surface area contributed by atoms with E-state index in [-0.39, 0.29) is 11.7 Å². The summed E-state index contributed by atoms with van der Waals surface area (Å²) in [5.41, 5.74) is 1.93. The Morgan fingerprint density at radius 3 is 2.50 bits per heavy atom. The zero-order valence-corrected chi connectivity index (χ0v) is 11.4. The van der Waals surface area contributed by atoms with Gasteiger partial charge in [0.2, 0.25) is 0 Å². The zero-order chi connectivity index (χ0) is 13.1. The van der Waals surface area contributed by atoms with Gasteiger partial charge in [0.05, 0.1) is 5.69 Å². The summed E-state index contributed by atoms with van der Waals surface area (Å²) in [5, 5.41) is 12.3. The second-order valence-corrected chi connectivity index (χ2v) is 4.68. The van der Waals surface area contributed by atoms with Crippen LogP contribution in [0.5, 0.6) is 5.75 Å². The summed E-state index contributed by atoms with van der Waals surface area (Å²) in [5.74, 6) is 0.0148. The fourth-order valence-electron chi connectivity index (χ4n) is 1.56. The van der Waals surface area contributed by atoms with Crippen molar-refractivity contribution in [1.82, 2.24) is 0 Å². The quantitative estimate of drug-likeness (QED) is 0.831. The Balaban J connectivity index is 2.26. The predicted molar refractivity (Wildman–Crippen MR) is 74.9 cm³/mol. The van der Waals surface area contributed by atoms with Crippen molar-refractivity contribution in [3.63, 3.8) is 0 Å². The van der Waals surface area contributed by atoms with Crippen molar-refractivity contribution in [1.29, 1.82) is 0 Å². The van der Waals surface area contributed by atoms with E-state index in [2.05, 4.69) is 21.2 Å². The number of carbonyl (C=O) groups excluding carboxylic acids is 1. The smallest absolute Gasteiger partial charge is 0.255 e. The molecule has 0 spiro atoms. The van der Waals surface area contributed by atoms with Gasteiger partial charge in [0.25, 0.3) is 5.91 Å². The summed E-state index contributed by atoms with van der Waals surface area (Å²) >= 11 is 3.36. The zero-order valence-electron chi connectivity index (χ0n) is 9.77. The summed E-state index contributed by atoms with van der Waals surface area (Å²) < 4.78 is 0.687. The number of phenols is 1. The van der Waals surface area contributed by atoms with E-state index in [1.54, 1.807) is 31.2 Å². The number of phenolic OH excluding ortho intramolecular Hbond substituents is 1. The Labute approximate surface area is 114 Å². The molecule has 0 radical (unpaired) electrons. The van der Waals surface area contributed by atoms with Crippen LogP contribution in [0.25, 0.3) is 0 Å².